The molecule has 1 atom stereocenters. The molecule has 0 spiro atoms. The van der Waals surface area contributed by atoms with Crippen LogP contribution in [0.5, 0.6) is 0 Å². The first-order chi connectivity index (χ1) is 13.9. The molecular weight excluding hydrogens is 391 g/mol. The Bertz CT molecular complexity index is 833. The Morgan fingerprint density at radius 1 is 1.07 bits per heavy atom. The minimum Gasteiger partial charge on any atom is -0.352 e. The maximum atomic E-state index is 13.2. The molecule has 2 aromatic rings. The molecule has 2 aromatic carbocycles. The van der Waals surface area contributed by atoms with Crippen molar-refractivity contribution in [3.05, 3.63) is 70.5 Å². The normalized spacial score (nSPS) is 15.1. The minimum atomic E-state index is -0.612. The van der Waals surface area contributed by atoms with Crippen LogP contribution in [-0.2, 0) is 22.6 Å². The van der Waals surface area contributed by atoms with E-state index in [2.05, 4.69) is 5.32 Å². The molecule has 1 N–H and O–H groups in total. The average Bonchev–Trinajstić information content (AvgIpc) is 3.21. The predicted molar refractivity (Wildman–Crippen MR) is 112 cm³/mol. The van der Waals surface area contributed by atoms with E-state index in [0.29, 0.717) is 17.1 Å². The van der Waals surface area contributed by atoms with Crippen molar-refractivity contribution in [3.8, 4) is 0 Å². The van der Waals surface area contributed by atoms with E-state index in [-0.39, 0.29) is 30.1 Å². The first kappa shape index (κ1) is 21.3. The minimum absolute atomic E-state index is 0.106. The highest BCUT2D eigenvalue weighted by molar-refractivity contribution is 6.30. The van der Waals surface area contributed by atoms with Crippen LogP contribution in [-0.4, -0.2) is 28.8 Å². The Morgan fingerprint density at radius 3 is 2.28 bits per heavy atom. The molecule has 0 bridgehead atoms. The van der Waals surface area contributed by atoms with Gasteiger partial charge in [-0.25, -0.2) is 4.39 Å². The lowest BCUT2D eigenvalue weighted by molar-refractivity contribution is -0.140. The zero-order valence-electron chi connectivity index (χ0n) is 16.5. The van der Waals surface area contributed by atoms with Gasteiger partial charge < -0.3 is 10.2 Å². The fraction of sp³-hybridized carbons (Fsp3) is 0.391. The van der Waals surface area contributed by atoms with Crippen LogP contribution in [0.25, 0.3) is 0 Å². The van der Waals surface area contributed by atoms with Gasteiger partial charge in [0.05, 0.1) is 6.42 Å². The third kappa shape index (κ3) is 6.04. The molecule has 0 heterocycles. The number of benzene rings is 2. The summed E-state index contributed by atoms with van der Waals surface area (Å²) >= 11 is 5.96. The molecule has 6 heteroatoms. The molecule has 2 amide bonds. The van der Waals surface area contributed by atoms with Crippen LogP contribution in [0.4, 0.5) is 4.39 Å². The van der Waals surface area contributed by atoms with Crippen molar-refractivity contribution in [2.75, 3.05) is 0 Å². The molecule has 1 fully saturated rings. The van der Waals surface area contributed by atoms with E-state index < -0.39 is 6.04 Å². The summed E-state index contributed by atoms with van der Waals surface area (Å²) in [4.78, 5) is 27.5. The third-order valence-corrected chi connectivity index (χ3v) is 5.66. The number of carbonyl (C=O) groups is 2. The van der Waals surface area contributed by atoms with Gasteiger partial charge >= 0.3 is 0 Å². The van der Waals surface area contributed by atoms with Gasteiger partial charge in [0.15, 0.2) is 0 Å². The standard InChI is InChI=1S/C23H26ClFN2O2/c1-16(23(29)26-21-4-2-3-5-21)27(15-18-6-10-19(24)11-7-18)22(28)14-17-8-12-20(25)13-9-17/h6-13,16,21H,2-5,14-15H2,1H3,(H,26,29). The van der Waals surface area contributed by atoms with Crippen molar-refractivity contribution in [1.29, 1.82) is 0 Å². The Balaban J connectivity index is 1.75. The van der Waals surface area contributed by atoms with Crippen LogP contribution in [0, 0.1) is 5.82 Å². The molecule has 1 aliphatic rings. The van der Waals surface area contributed by atoms with Gasteiger partial charge in [0.1, 0.15) is 11.9 Å². The Kier molecular flexibility index (Phi) is 7.26. The lowest BCUT2D eigenvalue weighted by Gasteiger charge is -2.30. The van der Waals surface area contributed by atoms with E-state index in [1.54, 1.807) is 36.1 Å². The van der Waals surface area contributed by atoms with Gasteiger partial charge in [0.2, 0.25) is 11.8 Å². The van der Waals surface area contributed by atoms with E-state index in [1.807, 2.05) is 12.1 Å². The van der Waals surface area contributed by atoms with E-state index in [4.69, 9.17) is 11.6 Å². The number of nitrogens with one attached hydrogen (secondary N) is 1. The van der Waals surface area contributed by atoms with Gasteiger partial charge in [-0.2, -0.15) is 0 Å². The second-order valence-corrected chi connectivity index (χ2v) is 8.05. The molecule has 1 saturated carbocycles. The number of hydrogen-bond acceptors (Lipinski definition) is 2. The lowest BCUT2D eigenvalue weighted by Crippen LogP contribution is -2.50. The number of nitrogens with zero attached hydrogens (tertiary/aromatic N) is 1. The van der Waals surface area contributed by atoms with Crippen LogP contribution in [0.2, 0.25) is 5.02 Å². The summed E-state index contributed by atoms with van der Waals surface area (Å²) in [7, 11) is 0. The van der Waals surface area contributed by atoms with E-state index in [9.17, 15) is 14.0 Å². The molecule has 0 aromatic heterocycles. The van der Waals surface area contributed by atoms with Crippen molar-refractivity contribution >= 4 is 23.4 Å². The van der Waals surface area contributed by atoms with Gasteiger partial charge in [-0.1, -0.05) is 48.7 Å². The van der Waals surface area contributed by atoms with Gasteiger partial charge in [-0.3, -0.25) is 9.59 Å². The van der Waals surface area contributed by atoms with Crippen LogP contribution < -0.4 is 5.32 Å². The zero-order chi connectivity index (χ0) is 20.8. The van der Waals surface area contributed by atoms with Crippen LogP contribution >= 0.6 is 11.6 Å². The Morgan fingerprint density at radius 2 is 1.66 bits per heavy atom. The molecule has 154 valence electrons. The highest BCUT2D eigenvalue weighted by Gasteiger charge is 2.28. The number of halogens is 2. The quantitative estimate of drug-likeness (QED) is 0.722. The van der Waals surface area contributed by atoms with E-state index >= 15 is 0 Å². The maximum Gasteiger partial charge on any atom is 0.242 e. The number of rotatable bonds is 7. The van der Waals surface area contributed by atoms with Crippen molar-refractivity contribution in [2.45, 2.75) is 57.7 Å². The molecule has 3 rings (SSSR count). The van der Waals surface area contributed by atoms with Crippen molar-refractivity contribution < 1.29 is 14.0 Å². The van der Waals surface area contributed by atoms with E-state index in [1.165, 1.54) is 12.1 Å². The molecule has 0 radical (unpaired) electrons. The summed E-state index contributed by atoms with van der Waals surface area (Å²) in [6, 6.07) is 12.7. The number of amides is 2. The summed E-state index contributed by atoms with van der Waals surface area (Å²) in [5, 5.41) is 3.69. The molecular formula is C23H26ClFN2O2. The third-order valence-electron chi connectivity index (χ3n) is 5.40. The largest absolute Gasteiger partial charge is 0.352 e. The highest BCUT2D eigenvalue weighted by atomic mass is 35.5. The molecule has 0 aliphatic heterocycles. The summed E-state index contributed by atoms with van der Waals surface area (Å²) in [5.41, 5.74) is 1.60. The van der Waals surface area contributed by atoms with Gasteiger partial charge in [0, 0.05) is 17.6 Å². The van der Waals surface area contributed by atoms with Crippen molar-refractivity contribution in [1.82, 2.24) is 10.2 Å². The summed E-state index contributed by atoms with van der Waals surface area (Å²) in [5.74, 6) is -0.664. The van der Waals surface area contributed by atoms with Gasteiger partial charge in [-0.05, 0) is 55.2 Å². The SMILES string of the molecule is CC(C(=O)NC1CCCC1)N(Cc1ccc(Cl)cc1)C(=O)Cc1ccc(F)cc1. The monoisotopic (exact) mass is 416 g/mol. The molecule has 0 saturated heterocycles. The zero-order valence-corrected chi connectivity index (χ0v) is 17.3. The smallest absolute Gasteiger partial charge is 0.242 e. The summed E-state index contributed by atoms with van der Waals surface area (Å²) in [6.45, 7) is 2.05. The fourth-order valence-electron chi connectivity index (χ4n) is 3.64. The van der Waals surface area contributed by atoms with Gasteiger partial charge in [-0.15, -0.1) is 0 Å². The topological polar surface area (TPSA) is 49.4 Å². The predicted octanol–water partition coefficient (Wildman–Crippen LogP) is 4.50. The second-order valence-electron chi connectivity index (χ2n) is 7.62. The van der Waals surface area contributed by atoms with E-state index in [0.717, 1.165) is 31.2 Å². The van der Waals surface area contributed by atoms with Crippen LogP contribution in [0.1, 0.15) is 43.7 Å². The lowest BCUT2D eigenvalue weighted by atomic mass is 10.1. The first-order valence-corrected chi connectivity index (χ1v) is 10.4. The van der Waals surface area contributed by atoms with Crippen molar-refractivity contribution in [3.63, 3.8) is 0 Å². The molecule has 1 unspecified atom stereocenters. The maximum absolute atomic E-state index is 13.2. The average molecular weight is 417 g/mol. The number of hydrogen-bond donors (Lipinski definition) is 1. The molecule has 29 heavy (non-hydrogen) atoms. The second kappa shape index (κ2) is 9.88. The van der Waals surface area contributed by atoms with Gasteiger partial charge in [0.25, 0.3) is 0 Å². The summed E-state index contributed by atoms with van der Waals surface area (Å²) < 4.78 is 13.2. The summed E-state index contributed by atoms with van der Waals surface area (Å²) in [6.07, 6.45) is 4.32. The molecule has 4 nitrogen and oxygen atoms in total. The number of carbonyl (C=O) groups excluding carboxylic acids is 2. The Labute approximate surface area is 176 Å². The fourth-order valence-corrected chi connectivity index (χ4v) is 3.77. The first-order valence-electron chi connectivity index (χ1n) is 10.0. The van der Waals surface area contributed by atoms with Crippen LogP contribution in [0.15, 0.2) is 48.5 Å². The Hall–Kier alpha value is -2.40. The van der Waals surface area contributed by atoms with Crippen molar-refractivity contribution in [2.24, 2.45) is 0 Å². The molecule has 1 aliphatic carbocycles. The van der Waals surface area contributed by atoms with Crippen LogP contribution in [0.3, 0.4) is 0 Å². The highest BCUT2D eigenvalue weighted by Crippen LogP contribution is 2.19.